The Morgan fingerprint density at radius 1 is 0.365 bits per heavy atom. The Kier molecular flexibility index (Phi) is 37.9. The van der Waals surface area contributed by atoms with Gasteiger partial charge in [-0.05, 0) is 31.1 Å². The van der Waals surface area contributed by atoms with Gasteiger partial charge in [0.05, 0.1) is 0 Å². The molecule has 0 heterocycles. The van der Waals surface area contributed by atoms with E-state index >= 15 is 0 Å². The molecule has 0 aromatic rings. The normalized spacial score (nSPS) is 12.1. The summed E-state index contributed by atoms with van der Waals surface area (Å²) in [5, 5.41) is 0. The molecule has 52 heavy (non-hydrogen) atoms. The maximum atomic E-state index is 12.7. The maximum Gasteiger partial charge on any atom is 0.306 e. The number of carbonyl (C=O) groups excluding carboxylic acids is 3. The second-order valence-electron chi connectivity index (χ2n) is 16.6. The first-order chi connectivity index (χ1) is 25.2. The second kappa shape index (κ2) is 39.1. The van der Waals surface area contributed by atoms with Crippen molar-refractivity contribution in [1.82, 2.24) is 0 Å². The van der Waals surface area contributed by atoms with Crippen molar-refractivity contribution in [3.05, 3.63) is 0 Å². The van der Waals surface area contributed by atoms with Crippen LogP contribution in [0.5, 0.6) is 0 Å². The molecule has 0 aromatic heterocycles. The molecule has 6 nitrogen and oxygen atoms in total. The average molecular weight is 737 g/mol. The third kappa shape index (κ3) is 39.6. The van der Waals surface area contributed by atoms with Crippen molar-refractivity contribution < 1.29 is 28.6 Å². The molecule has 6 heteroatoms. The van der Waals surface area contributed by atoms with E-state index in [-0.39, 0.29) is 31.1 Å². The Morgan fingerprint density at radius 3 is 0.942 bits per heavy atom. The third-order valence-corrected chi connectivity index (χ3v) is 10.2. The molecule has 0 aliphatic carbocycles. The van der Waals surface area contributed by atoms with Gasteiger partial charge in [0, 0.05) is 19.3 Å². The summed E-state index contributed by atoms with van der Waals surface area (Å²) >= 11 is 0. The minimum atomic E-state index is -0.759. The summed E-state index contributed by atoms with van der Waals surface area (Å²) in [6.07, 6.45) is 36.9. The highest BCUT2D eigenvalue weighted by atomic mass is 16.6. The lowest BCUT2D eigenvalue weighted by Gasteiger charge is -2.18. The molecule has 0 amide bonds. The number of carbonyl (C=O) groups is 3. The standard InChI is InChI=1S/C46H88O6/c1-6-7-8-9-19-26-31-36-44(47)50-39-43(40-51-45(48)37-32-27-23-22-25-30-35-42(4)5)52-46(49)38-33-28-21-18-16-14-12-10-11-13-15-17-20-24-29-34-41(2)3/h41-43H,6-40H2,1-5H3/t43-/m1/s1. The van der Waals surface area contributed by atoms with Crippen LogP contribution in [0.3, 0.4) is 0 Å². The van der Waals surface area contributed by atoms with Crippen LogP contribution >= 0.6 is 0 Å². The van der Waals surface area contributed by atoms with Crippen LogP contribution in [0.4, 0.5) is 0 Å². The Labute approximate surface area is 323 Å². The van der Waals surface area contributed by atoms with Gasteiger partial charge in [-0.15, -0.1) is 0 Å². The van der Waals surface area contributed by atoms with E-state index in [4.69, 9.17) is 14.2 Å². The molecule has 0 aliphatic rings. The maximum absolute atomic E-state index is 12.7. The quantitative estimate of drug-likeness (QED) is 0.0354. The van der Waals surface area contributed by atoms with Gasteiger partial charge < -0.3 is 14.2 Å². The van der Waals surface area contributed by atoms with Crippen molar-refractivity contribution in [2.24, 2.45) is 11.8 Å². The SMILES string of the molecule is CCCCCCCCCC(=O)OC[C@H](COC(=O)CCCCCCCCC(C)C)OC(=O)CCCCCCCCCCCCCCCCCC(C)C. The van der Waals surface area contributed by atoms with Crippen molar-refractivity contribution in [3.63, 3.8) is 0 Å². The van der Waals surface area contributed by atoms with E-state index in [1.54, 1.807) is 0 Å². The summed E-state index contributed by atoms with van der Waals surface area (Å²) in [6.45, 7) is 11.2. The van der Waals surface area contributed by atoms with Gasteiger partial charge >= 0.3 is 17.9 Å². The average Bonchev–Trinajstić information content (AvgIpc) is 3.11. The monoisotopic (exact) mass is 737 g/mol. The van der Waals surface area contributed by atoms with E-state index in [0.29, 0.717) is 19.3 Å². The van der Waals surface area contributed by atoms with Gasteiger partial charge in [-0.2, -0.15) is 0 Å². The molecule has 0 N–H and O–H groups in total. The van der Waals surface area contributed by atoms with Gasteiger partial charge in [0.15, 0.2) is 6.10 Å². The number of hydrogen-bond acceptors (Lipinski definition) is 6. The molecule has 0 aromatic carbocycles. The van der Waals surface area contributed by atoms with Crippen LogP contribution in [0.15, 0.2) is 0 Å². The van der Waals surface area contributed by atoms with Crippen LogP contribution in [0.2, 0.25) is 0 Å². The van der Waals surface area contributed by atoms with E-state index in [1.165, 1.54) is 135 Å². The van der Waals surface area contributed by atoms with Crippen LogP contribution in [0.25, 0.3) is 0 Å². The minimum absolute atomic E-state index is 0.0663. The molecule has 0 saturated carbocycles. The lowest BCUT2D eigenvalue weighted by molar-refractivity contribution is -0.167. The lowest BCUT2D eigenvalue weighted by atomic mass is 10.0. The molecule has 0 rings (SSSR count). The van der Waals surface area contributed by atoms with Crippen molar-refractivity contribution in [3.8, 4) is 0 Å². The summed E-state index contributed by atoms with van der Waals surface area (Å²) in [7, 11) is 0. The predicted molar refractivity (Wildman–Crippen MR) is 220 cm³/mol. The first-order valence-corrected chi connectivity index (χ1v) is 22.7. The van der Waals surface area contributed by atoms with Crippen LogP contribution in [-0.4, -0.2) is 37.2 Å². The van der Waals surface area contributed by atoms with Gasteiger partial charge in [0.1, 0.15) is 13.2 Å². The zero-order valence-corrected chi connectivity index (χ0v) is 35.4. The molecule has 308 valence electrons. The molecule has 0 aliphatic heterocycles. The zero-order chi connectivity index (χ0) is 38.3. The summed E-state index contributed by atoms with van der Waals surface area (Å²) in [6, 6.07) is 0. The predicted octanol–water partition coefficient (Wildman–Crippen LogP) is 14.2. The van der Waals surface area contributed by atoms with Crippen molar-refractivity contribution in [2.75, 3.05) is 13.2 Å². The molecule has 1 atom stereocenters. The topological polar surface area (TPSA) is 78.9 Å². The Morgan fingerprint density at radius 2 is 0.635 bits per heavy atom. The van der Waals surface area contributed by atoms with Crippen molar-refractivity contribution >= 4 is 17.9 Å². The third-order valence-electron chi connectivity index (χ3n) is 10.2. The van der Waals surface area contributed by atoms with E-state index in [2.05, 4.69) is 34.6 Å². The van der Waals surface area contributed by atoms with Gasteiger partial charge in [0.25, 0.3) is 0 Å². The summed E-state index contributed by atoms with van der Waals surface area (Å²) in [5.41, 5.74) is 0. The van der Waals surface area contributed by atoms with Crippen LogP contribution in [-0.2, 0) is 28.6 Å². The largest absolute Gasteiger partial charge is 0.462 e. The molecule has 0 radical (unpaired) electrons. The van der Waals surface area contributed by atoms with Crippen LogP contribution < -0.4 is 0 Å². The van der Waals surface area contributed by atoms with Gasteiger partial charge in [-0.25, -0.2) is 0 Å². The van der Waals surface area contributed by atoms with Crippen molar-refractivity contribution in [2.45, 2.75) is 253 Å². The zero-order valence-electron chi connectivity index (χ0n) is 35.4. The first kappa shape index (κ1) is 50.4. The fraction of sp³-hybridized carbons (Fsp3) is 0.935. The smallest absolute Gasteiger partial charge is 0.306 e. The number of ether oxygens (including phenoxy) is 3. The number of esters is 3. The second-order valence-corrected chi connectivity index (χ2v) is 16.6. The molecular weight excluding hydrogens is 649 g/mol. The van der Waals surface area contributed by atoms with Crippen LogP contribution in [0, 0.1) is 11.8 Å². The first-order valence-electron chi connectivity index (χ1n) is 22.7. The van der Waals surface area contributed by atoms with Gasteiger partial charge in [-0.1, -0.05) is 208 Å². The molecular formula is C46H88O6. The molecule has 0 spiro atoms. The van der Waals surface area contributed by atoms with E-state index < -0.39 is 6.10 Å². The molecule has 0 saturated heterocycles. The van der Waals surface area contributed by atoms with Gasteiger partial charge in [0.2, 0.25) is 0 Å². The summed E-state index contributed by atoms with van der Waals surface area (Å²) in [4.78, 5) is 37.5. The number of hydrogen-bond donors (Lipinski definition) is 0. The Balaban J connectivity index is 4.20. The minimum Gasteiger partial charge on any atom is -0.462 e. The summed E-state index contributed by atoms with van der Waals surface area (Å²) < 4.78 is 16.6. The van der Waals surface area contributed by atoms with Crippen molar-refractivity contribution in [1.29, 1.82) is 0 Å². The fourth-order valence-electron chi connectivity index (χ4n) is 6.75. The van der Waals surface area contributed by atoms with Gasteiger partial charge in [-0.3, -0.25) is 14.4 Å². The summed E-state index contributed by atoms with van der Waals surface area (Å²) in [5.74, 6) is 0.743. The Bertz CT molecular complexity index is 794. The highest BCUT2D eigenvalue weighted by molar-refractivity contribution is 5.71. The Hall–Kier alpha value is -1.59. The van der Waals surface area contributed by atoms with E-state index in [9.17, 15) is 14.4 Å². The fourth-order valence-corrected chi connectivity index (χ4v) is 6.75. The van der Waals surface area contributed by atoms with Crippen LogP contribution in [0.1, 0.15) is 247 Å². The molecule has 0 bridgehead atoms. The highest BCUT2D eigenvalue weighted by Crippen LogP contribution is 2.16. The molecule has 0 unspecified atom stereocenters. The van der Waals surface area contributed by atoms with E-state index in [1.807, 2.05) is 0 Å². The van der Waals surface area contributed by atoms with E-state index in [0.717, 1.165) is 69.6 Å². The number of rotatable bonds is 40. The lowest BCUT2D eigenvalue weighted by Crippen LogP contribution is -2.30. The number of unbranched alkanes of at least 4 members (excludes halogenated alkanes) is 25. The highest BCUT2D eigenvalue weighted by Gasteiger charge is 2.19. The molecule has 0 fully saturated rings.